The number of rotatable bonds is 3. The van der Waals surface area contributed by atoms with Crippen molar-refractivity contribution in [2.75, 3.05) is 7.11 Å². The van der Waals surface area contributed by atoms with Crippen LogP contribution >= 0.6 is 0 Å². The zero-order valence-electron chi connectivity index (χ0n) is 11.4. The predicted molar refractivity (Wildman–Crippen MR) is 76.4 cm³/mol. The summed E-state index contributed by atoms with van der Waals surface area (Å²) in [6.45, 7) is 0. The van der Waals surface area contributed by atoms with E-state index in [1.807, 2.05) is 12.1 Å². The van der Waals surface area contributed by atoms with Crippen LogP contribution in [0.1, 0.15) is 24.7 Å². The molecule has 0 amide bonds. The van der Waals surface area contributed by atoms with Crippen molar-refractivity contribution in [3.63, 3.8) is 0 Å². The van der Waals surface area contributed by atoms with Gasteiger partial charge in [0.2, 0.25) is 11.7 Å². The van der Waals surface area contributed by atoms with Crippen molar-refractivity contribution in [3.05, 3.63) is 40.5 Å². The first kappa shape index (κ1) is 12.1. The van der Waals surface area contributed by atoms with Gasteiger partial charge in [-0.25, -0.2) is 0 Å². The Morgan fingerprint density at radius 2 is 2.19 bits per heavy atom. The van der Waals surface area contributed by atoms with Crippen molar-refractivity contribution in [2.45, 2.75) is 18.8 Å². The highest BCUT2D eigenvalue weighted by Gasteiger charge is 2.30. The van der Waals surface area contributed by atoms with Crippen LogP contribution in [-0.2, 0) is 0 Å². The van der Waals surface area contributed by atoms with Crippen molar-refractivity contribution in [1.29, 1.82) is 0 Å². The summed E-state index contributed by atoms with van der Waals surface area (Å²) in [5, 5.41) is 4.78. The van der Waals surface area contributed by atoms with Crippen molar-refractivity contribution in [2.24, 2.45) is 0 Å². The highest BCUT2D eigenvalue weighted by atomic mass is 16.5. The van der Waals surface area contributed by atoms with Gasteiger partial charge in [-0.1, -0.05) is 5.16 Å². The Kier molecular flexibility index (Phi) is 2.57. The van der Waals surface area contributed by atoms with Crippen molar-refractivity contribution in [3.8, 4) is 17.1 Å². The first-order valence-corrected chi connectivity index (χ1v) is 6.79. The van der Waals surface area contributed by atoms with E-state index >= 15 is 0 Å². The number of benzene rings is 1. The van der Waals surface area contributed by atoms with Gasteiger partial charge in [0.15, 0.2) is 0 Å². The average Bonchev–Trinajstić information content (AvgIpc) is 3.24. The summed E-state index contributed by atoms with van der Waals surface area (Å²) in [7, 11) is 1.61. The van der Waals surface area contributed by atoms with Gasteiger partial charge in [0.05, 0.1) is 12.7 Å². The molecule has 2 aromatic heterocycles. The molecule has 6 nitrogen and oxygen atoms in total. The van der Waals surface area contributed by atoms with Crippen molar-refractivity contribution in [1.82, 2.24) is 15.1 Å². The number of aromatic nitrogens is 3. The molecular weight excluding hydrogens is 270 g/mol. The molecule has 1 fully saturated rings. The molecule has 106 valence electrons. The average molecular weight is 283 g/mol. The van der Waals surface area contributed by atoms with Gasteiger partial charge in [-0.3, -0.25) is 4.79 Å². The van der Waals surface area contributed by atoms with E-state index in [9.17, 15) is 4.79 Å². The number of H-pyrrole nitrogens is 1. The number of aromatic amines is 1. The summed E-state index contributed by atoms with van der Waals surface area (Å²) >= 11 is 0. The number of nitrogens with zero attached hydrogens (tertiary/aromatic N) is 2. The van der Waals surface area contributed by atoms with Crippen LogP contribution < -0.4 is 10.3 Å². The van der Waals surface area contributed by atoms with E-state index in [1.54, 1.807) is 19.2 Å². The minimum absolute atomic E-state index is 0.226. The number of pyridine rings is 1. The van der Waals surface area contributed by atoms with Crippen LogP contribution in [0.3, 0.4) is 0 Å². The molecule has 0 bridgehead atoms. The molecule has 2 heterocycles. The minimum atomic E-state index is -0.226. The summed E-state index contributed by atoms with van der Waals surface area (Å²) in [6, 6.07) is 7.23. The van der Waals surface area contributed by atoms with Gasteiger partial charge in [-0.05, 0) is 37.1 Å². The van der Waals surface area contributed by atoms with E-state index < -0.39 is 0 Å². The maximum atomic E-state index is 12.2. The SMILES string of the molecule is COc1ccc2[nH]c(=O)c(-c3noc(C4CC4)n3)cc2c1. The zero-order valence-corrected chi connectivity index (χ0v) is 11.4. The summed E-state index contributed by atoms with van der Waals surface area (Å²) in [6.07, 6.45) is 2.15. The molecule has 1 N–H and O–H groups in total. The van der Waals surface area contributed by atoms with Crippen LogP contribution in [0.2, 0.25) is 0 Å². The van der Waals surface area contributed by atoms with E-state index in [2.05, 4.69) is 15.1 Å². The van der Waals surface area contributed by atoms with Gasteiger partial charge >= 0.3 is 0 Å². The number of fused-ring (bicyclic) bond motifs is 1. The Bertz CT molecular complexity index is 877. The van der Waals surface area contributed by atoms with E-state index in [-0.39, 0.29) is 5.56 Å². The standard InChI is InChI=1S/C15H13N3O3/c1-20-10-4-5-12-9(6-10)7-11(14(19)16-12)13-17-15(21-18-13)8-2-3-8/h4-8H,2-3H2,1H3,(H,16,19). The molecule has 0 aliphatic heterocycles. The fourth-order valence-electron chi connectivity index (χ4n) is 2.32. The summed E-state index contributed by atoms with van der Waals surface area (Å²) in [5.41, 5.74) is 0.928. The highest BCUT2D eigenvalue weighted by molar-refractivity contribution is 5.83. The fourth-order valence-corrected chi connectivity index (χ4v) is 2.32. The number of hydrogen-bond donors (Lipinski definition) is 1. The third-order valence-corrected chi connectivity index (χ3v) is 3.66. The van der Waals surface area contributed by atoms with E-state index in [0.29, 0.717) is 23.2 Å². The molecule has 1 aliphatic rings. The Balaban J connectivity index is 1.85. The van der Waals surface area contributed by atoms with Gasteiger partial charge < -0.3 is 14.2 Å². The summed E-state index contributed by atoms with van der Waals surface area (Å²) < 4.78 is 10.4. The Morgan fingerprint density at radius 1 is 1.33 bits per heavy atom. The van der Waals surface area contributed by atoms with Gasteiger partial charge in [-0.2, -0.15) is 4.98 Å². The summed E-state index contributed by atoms with van der Waals surface area (Å²) in [4.78, 5) is 19.3. The van der Waals surface area contributed by atoms with Crippen LogP contribution in [0.4, 0.5) is 0 Å². The van der Waals surface area contributed by atoms with Gasteiger partial charge in [0.25, 0.3) is 5.56 Å². The molecule has 1 aromatic carbocycles. The highest BCUT2D eigenvalue weighted by Crippen LogP contribution is 2.39. The quantitative estimate of drug-likeness (QED) is 0.798. The monoisotopic (exact) mass is 283 g/mol. The zero-order chi connectivity index (χ0) is 14.4. The topological polar surface area (TPSA) is 81.0 Å². The second-order valence-electron chi connectivity index (χ2n) is 5.20. The molecule has 3 aromatic rings. The van der Waals surface area contributed by atoms with Gasteiger partial charge in [0, 0.05) is 16.8 Å². The van der Waals surface area contributed by atoms with Crippen LogP contribution in [-0.4, -0.2) is 22.2 Å². The lowest BCUT2D eigenvalue weighted by Crippen LogP contribution is -2.09. The minimum Gasteiger partial charge on any atom is -0.497 e. The smallest absolute Gasteiger partial charge is 0.259 e. The molecule has 21 heavy (non-hydrogen) atoms. The molecule has 0 radical (unpaired) electrons. The van der Waals surface area contributed by atoms with Gasteiger partial charge in [0.1, 0.15) is 5.75 Å². The molecule has 1 saturated carbocycles. The van der Waals surface area contributed by atoms with Gasteiger partial charge in [-0.15, -0.1) is 0 Å². The second-order valence-corrected chi connectivity index (χ2v) is 5.20. The van der Waals surface area contributed by atoms with E-state index in [4.69, 9.17) is 9.26 Å². The van der Waals surface area contributed by atoms with Crippen LogP contribution in [0.25, 0.3) is 22.3 Å². The molecule has 6 heteroatoms. The van der Waals surface area contributed by atoms with E-state index in [0.717, 1.165) is 29.5 Å². The fraction of sp³-hybridized carbons (Fsp3) is 0.267. The Labute approximate surface area is 119 Å². The molecule has 4 rings (SSSR count). The summed E-state index contributed by atoms with van der Waals surface area (Å²) in [5.74, 6) is 2.05. The second kappa shape index (κ2) is 4.44. The Hall–Kier alpha value is -2.63. The maximum absolute atomic E-state index is 12.2. The normalized spacial score (nSPS) is 14.5. The first-order valence-electron chi connectivity index (χ1n) is 6.79. The lowest BCUT2D eigenvalue weighted by atomic mass is 10.1. The Morgan fingerprint density at radius 3 is 2.95 bits per heavy atom. The van der Waals surface area contributed by atoms with Crippen LogP contribution in [0.15, 0.2) is 33.6 Å². The largest absolute Gasteiger partial charge is 0.497 e. The lowest BCUT2D eigenvalue weighted by molar-refractivity contribution is 0.380. The number of methoxy groups -OCH3 is 1. The molecule has 1 aliphatic carbocycles. The molecule has 0 unspecified atom stereocenters. The third kappa shape index (κ3) is 2.08. The maximum Gasteiger partial charge on any atom is 0.259 e. The lowest BCUT2D eigenvalue weighted by Gasteiger charge is -2.03. The molecule has 0 spiro atoms. The van der Waals surface area contributed by atoms with Crippen molar-refractivity contribution < 1.29 is 9.26 Å². The van der Waals surface area contributed by atoms with Crippen LogP contribution in [0.5, 0.6) is 5.75 Å². The molecule has 0 saturated heterocycles. The number of nitrogens with one attached hydrogen (secondary N) is 1. The first-order chi connectivity index (χ1) is 10.2. The van der Waals surface area contributed by atoms with Crippen molar-refractivity contribution >= 4 is 10.9 Å². The third-order valence-electron chi connectivity index (χ3n) is 3.66. The van der Waals surface area contributed by atoms with Crippen LogP contribution in [0, 0.1) is 0 Å². The number of hydrogen-bond acceptors (Lipinski definition) is 5. The molecular formula is C15H13N3O3. The van der Waals surface area contributed by atoms with E-state index in [1.165, 1.54) is 0 Å². The number of ether oxygens (including phenoxy) is 1. The predicted octanol–water partition coefficient (Wildman–Crippen LogP) is 2.46. The molecule has 0 atom stereocenters.